The Kier molecular flexibility index (Phi) is 8.26. The van der Waals surface area contributed by atoms with Crippen LogP contribution in [0, 0.1) is 0 Å². The normalized spacial score (nSPS) is 20.8. The smallest absolute Gasteiger partial charge is 0.252 e. The number of fused-ring (bicyclic) bond motifs is 1. The Morgan fingerprint density at radius 3 is 2.54 bits per heavy atom. The van der Waals surface area contributed by atoms with Crippen molar-refractivity contribution in [3.8, 4) is 0 Å². The lowest BCUT2D eigenvalue weighted by atomic mass is 10.1. The molecule has 9 nitrogen and oxygen atoms in total. The molecule has 2 aliphatic rings. The number of piperidine rings is 1. The van der Waals surface area contributed by atoms with Crippen molar-refractivity contribution in [3.63, 3.8) is 0 Å². The van der Waals surface area contributed by atoms with Gasteiger partial charge in [-0.05, 0) is 57.5 Å². The molecule has 192 valence electrons. The molecule has 2 aliphatic heterocycles. The second kappa shape index (κ2) is 11.2. The number of likely N-dealkylation sites (N-methyl/N-ethyl adjacent to an activating group) is 1. The van der Waals surface area contributed by atoms with Gasteiger partial charge in [-0.2, -0.15) is 4.31 Å². The van der Waals surface area contributed by atoms with Crippen LogP contribution in [0.25, 0.3) is 10.9 Å². The van der Waals surface area contributed by atoms with Gasteiger partial charge in [-0.15, -0.1) is 0 Å². The quantitative estimate of drug-likeness (QED) is 0.533. The lowest BCUT2D eigenvalue weighted by Gasteiger charge is -2.33. The SMILES string of the molecule is CCN1CCN(CCCNC(=O)c2cc(=O)[nH]c3ccc(S(=O)(=O)N4CCCC[C@H]4C)cc23)CC1. The van der Waals surface area contributed by atoms with E-state index in [9.17, 15) is 18.0 Å². The minimum absolute atomic E-state index is 0.0623. The van der Waals surface area contributed by atoms with Crippen molar-refractivity contribution in [2.45, 2.75) is 50.5 Å². The maximum absolute atomic E-state index is 13.3. The van der Waals surface area contributed by atoms with Crippen LogP contribution in [0.3, 0.4) is 0 Å². The highest BCUT2D eigenvalue weighted by atomic mass is 32.2. The average molecular weight is 504 g/mol. The Morgan fingerprint density at radius 1 is 1.09 bits per heavy atom. The summed E-state index contributed by atoms with van der Waals surface area (Å²) in [6.45, 7) is 11.3. The fourth-order valence-corrected chi connectivity index (χ4v) is 6.80. The molecule has 2 N–H and O–H groups in total. The summed E-state index contributed by atoms with van der Waals surface area (Å²) >= 11 is 0. The fourth-order valence-electron chi connectivity index (χ4n) is 5.07. The van der Waals surface area contributed by atoms with E-state index in [0.29, 0.717) is 24.0 Å². The third-order valence-corrected chi connectivity index (χ3v) is 9.27. The third kappa shape index (κ3) is 5.94. The lowest BCUT2D eigenvalue weighted by molar-refractivity contribution is 0.0949. The Bertz CT molecular complexity index is 1200. The van der Waals surface area contributed by atoms with E-state index >= 15 is 0 Å². The number of piperazine rings is 1. The Morgan fingerprint density at radius 2 is 1.83 bits per heavy atom. The number of benzene rings is 1. The van der Waals surface area contributed by atoms with Crippen molar-refractivity contribution >= 4 is 26.8 Å². The molecule has 10 heteroatoms. The largest absolute Gasteiger partial charge is 0.352 e. The van der Waals surface area contributed by atoms with Gasteiger partial charge >= 0.3 is 0 Å². The zero-order valence-corrected chi connectivity index (χ0v) is 21.6. The van der Waals surface area contributed by atoms with Crippen molar-refractivity contribution < 1.29 is 13.2 Å². The van der Waals surface area contributed by atoms with Gasteiger partial charge in [-0.25, -0.2) is 8.42 Å². The van der Waals surface area contributed by atoms with Crippen molar-refractivity contribution in [1.82, 2.24) is 24.4 Å². The van der Waals surface area contributed by atoms with Crippen LogP contribution in [-0.4, -0.2) is 91.8 Å². The molecule has 0 bridgehead atoms. The van der Waals surface area contributed by atoms with Crippen LogP contribution in [0.5, 0.6) is 0 Å². The Hall–Kier alpha value is -2.27. The average Bonchev–Trinajstić information content (AvgIpc) is 2.86. The summed E-state index contributed by atoms with van der Waals surface area (Å²) in [6, 6.07) is 5.79. The van der Waals surface area contributed by atoms with E-state index in [4.69, 9.17) is 0 Å². The molecular formula is C25H37N5O4S. The minimum atomic E-state index is -3.69. The molecule has 2 aromatic rings. The zero-order chi connectivity index (χ0) is 25.0. The number of sulfonamides is 1. The first-order chi connectivity index (χ1) is 16.8. The number of aromatic nitrogens is 1. The minimum Gasteiger partial charge on any atom is -0.352 e. The molecule has 2 saturated heterocycles. The fraction of sp³-hybridized carbons (Fsp3) is 0.600. The van der Waals surface area contributed by atoms with Gasteiger partial charge in [0.05, 0.1) is 10.5 Å². The summed E-state index contributed by atoms with van der Waals surface area (Å²) in [4.78, 5) is 32.9. The third-order valence-electron chi connectivity index (χ3n) is 7.26. The summed E-state index contributed by atoms with van der Waals surface area (Å²) in [5.74, 6) is -0.363. The molecular weight excluding hydrogens is 466 g/mol. The van der Waals surface area contributed by atoms with Crippen LogP contribution in [0.15, 0.2) is 34.0 Å². The van der Waals surface area contributed by atoms with Crippen molar-refractivity contribution in [3.05, 3.63) is 40.2 Å². The molecule has 3 heterocycles. The molecule has 0 saturated carbocycles. The van der Waals surface area contributed by atoms with Gasteiger partial charge in [-0.1, -0.05) is 13.3 Å². The van der Waals surface area contributed by atoms with Crippen LogP contribution in [0.2, 0.25) is 0 Å². The van der Waals surface area contributed by atoms with Crippen molar-refractivity contribution in [2.75, 3.05) is 52.4 Å². The topological polar surface area (TPSA) is 106 Å². The molecule has 1 amide bonds. The number of aromatic amines is 1. The Balaban J connectivity index is 1.47. The summed E-state index contributed by atoms with van der Waals surface area (Å²) in [6.07, 6.45) is 3.51. The van der Waals surface area contributed by atoms with Gasteiger partial charge < -0.3 is 20.1 Å². The molecule has 1 aromatic heterocycles. The van der Waals surface area contributed by atoms with Crippen LogP contribution >= 0.6 is 0 Å². The molecule has 0 unspecified atom stereocenters. The van der Waals surface area contributed by atoms with Crippen molar-refractivity contribution in [2.24, 2.45) is 0 Å². The zero-order valence-electron chi connectivity index (χ0n) is 20.8. The number of hydrogen-bond acceptors (Lipinski definition) is 6. The predicted octanol–water partition coefficient (Wildman–Crippen LogP) is 1.85. The second-order valence-electron chi connectivity index (χ2n) is 9.60. The summed E-state index contributed by atoms with van der Waals surface area (Å²) in [5.41, 5.74) is 0.253. The van der Waals surface area contributed by atoms with Crippen molar-refractivity contribution in [1.29, 1.82) is 0 Å². The summed E-state index contributed by atoms with van der Waals surface area (Å²) < 4.78 is 28.2. The van der Waals surface area contributed by atoms with Gasteiger partial charge in [0, 0.05) is 62.3 Å². The summed E-state index contributed by atoms with van der Waals surface area (Å²) in [5, 5.41) is 3.35. The Labute approximate surface area is 207 Å². The molecule has 0 radical (unpaired) electrons. The van der Waals surface area contributed by atoms with Gasteiger partial charge in [-0.3, -0.25) is 9.59 Å². The van der Waals surface area contributed by atoms with E-state index in [1.54, 1.807) is 10.4 Å². The maximum Gasteiger partial charge on any atom is 0.252 e. The number of amides is 1. The molecule has 4 rings (SSSR count). The number of H-pyrrole nitrogens is 1. The van der Waals surface area contributed by atoms with Crippen LogP contribution in [0.4, 0.5) is 0 Å². The number of nitrogens with zero attached hydrogens (tertiary/aromatic N) is 3. The van der Waals surface area contributed by atoms with Crippen LogP contribution < -0.4 is 10.9 Å². The van der Waals surface area contributed by atoms with Gasteiger partial charge in [0.1, 0.15) is 0 Å². The first kappa shape index (κ1) is 25.8. The van der Waals surface area contributed by atoms with Crippen LogP contribution in [0.1, 0.15) is 49.9 Å². The number of rotatable bonds is 8. The van der Waals surface area contributed by atoms with Gasteiger partial charge in [0.25, 0.3) is 5.91 Å². The number of carbonyl (C=O) groups excluding carboxylic acids is 1. The highest BCUT2D eigenvalue weighted by molar-refractivity contribution is 7.89. The highest BCUT2D eigenvalue weighted by Crippen LogP contribution is 2.27. The molecule has 0 spiro atoms. The molecule has 2 fully saturated rings. The van der Waals surface area contributed by atoms with Gasteiger partial charge in [0.2, 0.25) is 15.6 Å². The van der Waals surface area contributed by atoms with Gasteiger partial charge in [0.15, 0.2) is 0 Å². The number of nitrogens with one attached hydrogen (secondary N) is 2. The van der Waals surface area contributed by atoms with E-state index in [1.165, 1.54) is 18.2 Å². The lowest BCUT2D eigenvalue weighted by Crippen LogP contribution is -2.46. The van der Waals surface area contributed by atoms with E-state index in [1.807, 2.05) is 6.92 Å². The van der Waals surface area contributed by atoms with E-state index in [-0.39, 0.29) is 22.4 Å². The number of hydrogen-bond donors (Lipinski definition) is 2. The standard InChI is InChI=1S/C25H37N5O4S/c1-3-28-13-15-29(16-14-28)11-6-10-26-25(32)22-18-24(31)27-23-9-8-20(17-21(22)23)35(33,34)30-12-5-4-7-19(30)2/h8-9,17-19H,3-7,10-16H2,1-2H3,(H,26,32)(H,27,31)/t19-/m1/s1. The highest BCUT2D eigenvalue weighted by Gasteiger charge is 2.31. The first-order valence-electron chi connectivity index (χ1n) is 12.7. The maximum atomic E-state index is 13.3. The molecule has 0 aliphatic carbocycles. The monoisotopic (exact) mass is 503 g/mol. The first-order valence-corrected chi connectivity index (χ1v) is 14.2. The number of pyridine rings is 1. The van der Waals surface area contributed by atoms with E-state index in [2.05, 4.69) is 27.0 Å². The number of carbonyl (C=O) groups is 1. The van der Waals surface area contributed by atoms with E-state index in [0.717, 1.165) is 65.0 Å². The van der Waals surface area contributed by atoms with E-state index < -0.39 is 15.6 Å². The van der Waals surface area contributed by atoms with Crippen LogP contribution in [-0.2, 0) is 10.0 Å². The molecule has 1 atom stereocenters. The molecule has 35 heavy (non-hydrogen) atoms. The predicted molar refractivity (Wildman–Crippen MR) is 137 cm³/mol. The second-order valence-corrected chi connectivity index (χ2v) is 11.5. The summed E-state index contributed by atoms with van der Waals surface area (Å²) in [7, 11) is -3.69. The molecule has 1 aromatic carbocycles.